The highest BCUT2D eigenvalue weighted by Gasteiger charge is 2.32. The molecule has 1 unspecified atom stereocenters. The van der Waals surface area contributed by atoms with Crippen molar-refractivity contribution in [3.63, 3.8) is 0 Å². The fraction of sp³-hybridized carbons (Fsp3) is 0.571. The molecular weight excluding hydrogens is 269 g/mol. The fourth-order valence-electron chi connectivity index (χ4n) is 2.50. The Hall–Kier alpha value is -1.27. The lowest BCUT2D eigenvalue weighted by atomic mass is 10.1. The van der Waals surface area contributed by atoms with Crippen LogP contribution in [0.3, 0.4) is 0 Å². The first kappa shape index (κ1) is 15.1. The summed E-state index contributed by atoms with van der Waals surface area (Å²) < 4.78 is 41.1. The van der Waals surface area contributed by atoms with Crippen LogP contribution in [0, 0.1) is 0 Å². The number of nitrogens with zero attached hydrogens (tertiary/aromatic N) is 1. The Labute approximate surface area is 116 Å². The maximum atomic E-state index is 12.3. The van der Waals surface area contributed by atoms with Crippen molar-refractivity contribution in [2.24, 2.45) is 0 Å². The van der Waals surface area contributed by atoms with Gasteiger partial charge in [0.15, 0.2) is 0 Å². The van der Waals surface area contributed by atoms with Gasteiger partial charge >= 0.3 is 6.36 Å². The van der Waals surface area contributed by atoms with Gasteiger partial charge in [-0.05, 0) is 32.5 Å². The van der Waals surface area contributed by atoms with Gasteiger partial charge in [-0.3, -0.25) is 0 Å². The average Bonchev–Trinajstić information content (AvgIpc) is 2.82. The van der Waals surface area contributed by atoms with E-state index in [2.05, 4.69) is 10.1 Å². The van der Waals surface area contributed by atoms with E-state index in [1.54, 1.807) is 18.2 Å². The molecule has 1 N–H and O–H groups in total. The van der Waals surface area contributed by atoms with Crippen LogP contribution in [0.25, 0.3) is 0 Å². The third kappa shape index (κ3) is 4.68. The van der Waals surface area contributed by atoms with Crippen molar-refractivity contribution in [2.75, 3.05) is 20.1 Å². The van der Waals surface area contributed by atoms with Crippen LogP contribution in [0.4, 0.5) is 13.2 Å². The second kappa shape index (κ2) is 6.45. The quantitative estimate of drug-likeness (QED) is 0.901. The van der Waals surface area contributed by atoms with Gasteiger partial charge in [0.2, 0.25) is 0 Å². The predicted molar refractivity (Wildman–Crippen MR) is 70.5 cm³/mol. The third-order valence-electron chi connectivity index (χ3n) is 3.33. The minimum absolute atomic E-state index is 0.119. The van der Waals surface area contributed by atoms with Crippen molar-refractivity contribution in [3.05, 3.63) is 29.8 Å². The molecule has 112 valence electrons. The van der Waals surface area contributed by atoms with E-state index >= 15 is 0 Å². The van der Waals surface area contributed by atoms with Crippen LogP contribution in [-0.2, 0) is 6.54 Å². The highest BCUT2D eigenvalue weighted by atomic mass is 19.4. The Morgan fingerprint density at radius 3 is 2.75 bits per heavy atom. The lowest BCUT2D eigenvalue weighted by Gasteiger charge is -2.22. The highest BCUT2D eigenvalue weighted by molar-refractivity contribution is 5.33. The van der Waals surface area contributed by atoms with E-state index in [0.29, 0.717) is 18.2 Å². The van der Waals surface area contributed by atoms with Crippen LogP contribution in [0.15, 0.2) is 24.3 Å². The van der Waals surface area contributed by atoms with E-state index in [9.17, 15) is 13.2 Å². The molecule has 0 aromatic heterocycles. The summed E-state index contributed by atoms with van der Waals surface area (Å²) in [7, 11) is 1.91. The smallest absolute Gasteiger partial charge is 0.405 e. The molecule has 3 nitrogen and oxygen atoms in total. The van der Waals surface area contributed by atoms with Crippen molar-refractivity contribution >= 4 is 0 Å². The van der Waals surface area contributed by atoms with E-state index in [-0.39, 0.29) is 5.75 Å². The van der Waals surface area contributed by atoms with E-state index in [1.165, 1.54) is 6.07 Å². The van der Waals surface area contributed by atoms with E-state index in [4.69, 9.17) is 0 Å². The fourth-order valence-corrected chi connectivity index (χ4v) is 2.50. The standard InChI is InChI=1S/C14H19F3N2O/c1-19(10-12-6-4-8-18-12)9-11-5-2-3-7-13(11)20-14(15,16)17/h2-3,5,7,12,18H,4,6,8-10H2,1H3. The van der Waals surface area contributed by atoms with Crippen LogP contribution < -0.4 is 10.1 Å². The molecule has 1 aliphatic rings. The van der Waals surface area contributed by atoms with Crippen LogP contribution in [-0.4, -0.2) is 37.4 Å². The second-order valence-corrected chi connectivity index (χ2v) is 5.15. The molecule has 2 rings (SSSR count). The number of hydrogen-bond acceptors (Lipinski definition) is 3. The summed E-state index contributed by atoms with van der Waals surface area (Å²) >= 11 is 0. The number of likely N-dealkylation sites (N-methyl/N-ethyl adjacent to an activating group) is 1. The summed E-state index contributed by atoms with van der Waals surface area (Å²) in [4.78, 5) is 2.02. The maximum Gasteiger partial charge on any atom is 0.573 e. The molecule has 1 heterocycles. The van der Waals surface area contributed by atoms with Gasteiger partial charge in [-0.1, -0.05) is 18.2 Å². The van der Waals surface area contributed by atoms with Gasteiger partial charge in [-0.15, -0.1) is 13.2 Å². The summed E-state index contributed by atoms with van der Waals surface area (Å²) in [5.74, 6) is -0.119. The van der Waals surface area contributed by atoms with Crippen LogP contribution in [0.5, 0.6) is 5.75 Å². The molecule has 0 amide bonds. The largest absolute Gasteiger partial charge is 0.573 e. The first-order valence-corrected chi connectivity index (χ1v) is 6.69. The van der Waals surface area contributed by atoms with Gasteiger partial charge < -0.3 is 15.0 Å². The van der Waals surface area contributed by atoms with Crippen molar-refractivity contribution in [2.45, 2.75) is 31.8 Å². The Bertz CT molecular complexity index is 431. The molecule has 0 spiro atoms. The number of alkyl halides is 3. The zero-order valence-electron chi connectivity index (χ0n) is 11.4. The predicted octanol–water partition coefficient (Wildman–Crippen LogP) is 2.77. The molecule has 1 aliphatic heterocycles. The van der Waals surface area contributed by atoms with Crippen LogP contribution in [0.1, 0.15) is 18.4 Å². The number of rotatable bonds is 5. The molecule has 0 saturated carbocycles. The first-order valence-electron chi connectivity index (χ1n) is 6.69. The van der Waals surface area contributed by atoms with E-state index in [1.807, 2.05) is 11.9 Å². The van der Waals surface area contributed by atoms with Crippen molar-refractivity contribution in [1.82, 2.24) is 10.2 Å². The van der Waals surface area contributed by atoms with Crippen molar-refractivity contribution in [1.29, 1.82) is 0 Å². The number of para-hydroxylation sites is 1. The SMILES string of the molecule is CN(Cc1ccccc1OC(F)(F)F)CC1CCCN1. The molecule has 1 atom stereocenters. The molecule has 6 heteroatoms. The number of benzene rings is 1. The van der Waals surface area contributed by atoms with Crippen molar-refractivity contribution in [3.8, 4) is 5.75 Å². The Balaban J connectivity index is 1.97. The molecule has 1 aromatic rings. The number of halogens is 3. The maximum absolute atomic E-state index is 12.3. The van der Waals surface area contributed by atoms with Gasteiger partial charge in [0, 0.05) is 24.7 Å². The molecule has 1 fully saturated rings. The third-order valence-corrected chi connectivity index (χ3v) is 3.33. The zero-order valence-corrected chi connectivity index (χ0v) is 11.4. The average molecular weight is 288 g/mol. The molecule has 20 heavy (non-hydrogen) atoms. The van der Waals surface area contributed by atoms with Gasteiger partial charge in [-0.25, -0.2) is 0 Å². The van der Waals surface area contributed by atoms with E-state index in [0.717, 1.165) is 25.9 Å². The number of ether oxygens (including phenoxy) is 1. The summed E-state index contributed by atoms with van der Waals surface area (Å²) in [6.45, 7) is 2.27. The Morgan fingerprint density at radius 1 is 1.35 bits per heavy atom. The first-order chi connectivity index (χ1) is 9.44. The normalized spacial score (nSPS) is 19.6. The lowest BCUT2D eigenvalue weighted by molar-refractivity contribution is -0.275. The molecule has 1 aromatic carbocycles. The zero-order chi connectivity index (χ0) is 14.6. The van der Waals surface area contributed by atoms with Gasteiger partial charge in [-0.2, -0.15) is 0 Å². The monoisotopic (exact) mass is 288 g/mol. The summed E-state index contributed by atoms with van der Waals surface area (Å²) in [5.41, 5.74) is 0.547. The topological polar surface area (TPSA) is 24.5 Å². The minimum Gasteiger partial charge on any atom is -0.405 e. The molecule has 0 aliphatic carbocycles. The van der Waals surface area contributed by atoms with Gasteiger partial charge in [0.1, 0.15) is 5.75 Å². The van der Waals surface area contributed by atoms with Crippen LogP contribution >= 0.6 is 0 Å². The lowest BCUT2D eigenvalue weighted by Crippen LogP contribution is -2.35. The molecular formula is C14H19F3N2O. The number of hydrogen-bond donors (Lipinski definition) is 1. The number of nitrogens with one attached hydrogen (secondary N) is 1. The molecule has 0 bridgehead atoms. The van der Waals surface area contributed by atoms with Gasteiger partial charge in [0.05, 0.1) is 0 Å². The Kier molecular flexibility index (Phi) is 4.88. The summed E-state index contributed by atoms with van der Waals surface area (Å²) in [6.07, 6.45) is -2.38. The highest BCUT2D eigenvalue weighted by Crippen LogP contribution is 2.27. The van der Waals surface area contributed by atoms with Crippen LogP contribution in [0.2, 0.25) is 0 Å². The molecule has 1 saturated heterocycles. The summed E-state index contributed by atoms with van der Waals surface area (Å²) in [5, 5.41) is 3.37. The second-order valence-electron chi connectivity index (χ2n) is 5.15. The molecule has 0 radical (unpaired) electrons. The van der Waals surface area contributed by atoms with E-state index < -0.39 is 6.36 Å². The Morgan fingerprint density at radius 2 is 2.10 bits per heavy atom. The minimum atomic E-state index is -4.65. The summed E-state index contributed by atoms with van der Waals surface area (Å²) in [6, 6.07) is 6.71. The van der Waals surface area contributed by atoms with Gasteiger partial charge in [0.25, 0.3) is 0 Å². The van der Waals surface area contributed by atoms with Crippen molar-refractivity contribution < 1.29 is 17.9 Å².